The molecule has 1 aliphatic rings. The number of hydrogen-bond donors (Lipinski definition) is 1. The van der Waals surface area contributed by atoms with E-state index in [1.165, 1.54) is 7.11 Å². The molecule has 7 nitrogen and oxygen atoms in total. The van der Waals surface area contributed by atoms with E-state index in [-0.39, 0.29) is 17.6 Å². The number of unbranched alkanes of at least 4 members (excludes halogenated alkanes) is 2. The number of nitrogens with zero attached hydrogens (tertiary/aromatic N) is 2. The Morgan fingerprint density at radius 1 is 1.38 bits per heavy atom. The van der Waals surface area contributed by atoms with Crippen LogP contribution in [0, 0.1) is 0 Å². The molecule has 160 valence electrons. The zero-order valence-corrected chi connectivity index (χ0v) is 19.0. The number of hydrogen-bond acceptors (Lipinski definition) is 6. The van der Waals surface area contributed by atoms with Gasteiger partial charge in [-0.05, 0) is 56.1 Å². The zero-order valence-electron chi connectivity index (χ0n) is 17.4. The Kier molecular flexibility index (Phi) is 8.15. The number of benzene rings is 1. The van der Waals surface area contributed by atoms with Crippen molar-refractivity contribution in [3.63, 3.8) is 0 Å². The van der Waals surface area contributed by atoms with Gasteiger partial charge in [0.1, 0.15) is 11.4 Å². The van der Waals surface area contributed by atoms with Crippen LogP contribution >= 0.6 is 12.2 Å². The van der Waals surface area contributed by atoms with Crippen molar-refractivity contribution in [3.05, 3.63) is 23.8 Å². The number of amides is 1. The summed E-state index contributed by atoms with van der Waals surface area (Å²) in [6.45, 7) is 4.16. The first-order chi connectivity index (χ1) is 13.8. The summed E-state index contributed by atoms with van der Waals surface area (Å²) in [5, 5.41) is 3.35. The highest BCUT2D eigenvalue weighted by atomic mass is 32.2. The first kappa shape index (κ1) is 23.3. The van der Waals surface area contributed by atoms with Gasteiger partial charge < -0.3 is 10.1 Å². The summed E-state index contributed by atoms with van der Waals surface area (Å²) in [4.78, 5) is 15.3. The van der Waals surface area contributed by atoms with Crippen LogP contribution in [0.25, 0.3) is 0 Å². The maximum absolute atomic E-state index is 13.6. The van der Waals surface area contributed by atoms with E-state index in [2.05, 4.69) is 16.6 Å². The van der Waals surface area contributed by atoms with Gasteiger partial charge in [-0.1, -0.05) is 32.3 Å². The topological polar surface area (TPSA) is 88.1 Å². The molecule has 1 aromatic carbocycles. The van der Waals surface area contributed by atoms with Gasteiger partial charge in [0, 0.05) is 13.1 Å². The smallest absolute Gasteiger partial charge is 0.316 e. The van der Waals surface area contributed by atoms with Crippen molar-refractivity contribution in [2.75, 3.05) is 14.2 Å². The lowest BCUT2D eigenvalue weighted by Gasteiger charge is -2.33. The van der Waals surface area contributed by atoms with Crippen molar-refractivity contribution in [3.8, 4) is 5.75 Å². The van der Waals surface area contributed by atoms with Crippen LogP contribution in [0.4, 0.5) is 5.69 Å². The van der Waals surface area contributed by atoms with Crippen LogP contribution < -0.4 is 10.1 Å². The number of carbonyl (C=O) groups excluding carboxylic acids is 1. The second-order valence-electron chi connectivity index (χ2n) is 7.35. The van der Waals surface area contributed by atoms with Gasteiger partial charge in [-0.15, -0.1) is 4.36 Å². The average molecular weight is 440 g/mol. The van der Waals surface area contributed by atoms with Gasteiger partial charge in [-0.3, -0.25) is 9.69 Å². The summed E-state index contributed by atoms with van der Waals surface area (Å²) in [7, 11) is 0.552. The molecule has 1 amide bonds. The summed E-state index contributed by atoms with van der Waals surface area (Å²) in [5.74, 6) is 0.289. The van der Waals surface area contributed by atoms with Gasteiger partial charge >= 0.3 is 10.5 Å². The third-order valence-corrected chi connectivity index (χ3v) is 6.13. The number of thiocarbonyl (C=S) groups is 1. The number of ether oxygens (including phenoxy) is 1. The maximum atomic E-state index is 13.6. The molecule has 29 heavy (non-hydrogen) atoms. The van der Waals surface area contributed by atoms with Crippen LogP contribution in [0.1, 0.15) is 57.9 Å². The van der Waals surface area contributed by atoms with E-state index in [0.29, 0.717) is 23.7 Å². The molecule has 0 radical (unpaired) electrons. The molecule has 1 aliphatic carbocycles. The van der Waals surface area contributed by atoms with E-state index < -0.39 is 15.9 Å². The quantitative estimate of drug-likeness (QED) is 0.466. The summed E-state index contributed by atoms with van der Waals surface area (Å²) in [6.07, 6.45) is 5.49. The Labute approximate surface area is 179 Å². The third-order valence-electron chi connectivity index (χ3n) is 5.38. The van der Waals surface area contributed by atoms with Crippen molar-refractivity contribution in [2.45, 2.75) is 63.8 Å². The highest BCUT2D eigenvalue weighted by molar-refractivity contribution is 7.80. The summed E-state index contributed by atoms with van der Waals surface area (Å²) in [6, 6.07) is 5.06. The zero-order chi connectivity index (χ0) is 21.6. The van der Waals surface area contributed by atoms with Crippen LogP contribution in [0.15, 0.2) is 22.6 Å². The first-order valence-electron chi connectivity index (χ1n) is 9.85. The van der Waals surface area contributed by atoms with Crippen molar-refractivity contribution in [2.24, 2.45) is 4.36 Å². The van der Waals surface area contributed by atoms with E-state index in [4.69, 9.17) is 17.0 Å². The van der Waals surface area contributed by atoms with Gasteiger partial charge in [-0.25, -0.2) is 0 Å². The lowest BCUT2D eigenvalue weighted by Crippen LogP contribution is -2.51. The summed E-state index contributed by atoms with van der Waals surface area (Å²) in [5.41, 5.74) is 0.217. The molecule has 1 N–H and O–H groups in total. The molecule has 1 saturated carbocycles. The van der Waals surface area contributed by atoms with Crippen molar-refractivity contribution in [1.82, 2.24) is 10.2 Å². The number of rotatable bonds is 9. The minimum atomic E-state index is -2.61. The molecule has 1 unspecified atom stereocenters. The van der Waals surface area contributed by atoms with Crippen LogP contribution in [0.2, 0.25) is 0 Å². The van der Waals surface area contributed by atoms with Crippen molar-refractivity contribution >= 4 is 39.4 Å². The normalized spacial score (nSPS) is 15.2. The largest absolute Gasteiger partial charge is 0.494 e. The molecule has 0 spiro atoms. The lowest BCUT2D eigenvalue weighted by atomic mass is 9.92. The average Bonchev–Trinajstić information content (AvgIpc) is 3.49. The fraction of sp³-hybridized carbons (Fsp3) is 0.600. The Hall–Kier alpha value is -2.00. The highest BCUT2D eigenvalue weighted by Crippen LogP contribution is 2.51. The molecule has 0 heterocycles. The van der Waals surface area contributed by atoms with Gasteiger partial charge in [-0.2, -0.15) is 8.42 Å². The van der Waals surface area contributed by atoms with E-state index >= 15 is 0 Å². The van der Waals surface area contributed by atoms with E-state index in [0.717, 1.165) is 31.2 Å². The molecule has 0 aliphatic heterocycles. The molecular weight excluding hydrogens is 410 g/mol. The van der Waals surface area contributed by atoms with Gasteiger partial charge in [0.25, 0.3) is 0 Å². The van der Waals surface area contributed by atoms with Crippen LogP contribution in [0.5, 0.6) is 5.75 Å². The minimum absolute atomic E-state index is 0.0250. The fourth-order valence-electron chi connectivity index (χ4n) is 3.55. The fourth-order valence-corrected chi connectivity index (χ4v) is 4.12. The van der Waals surface area contributed by atoms with Crippen LogP contribution in [-0.4, -0.2) is 44.5 Å². The molecule has 1 fully saturated rings. The van der Waals surface area contributed by atoms with Crippen LogP contribution in [-0.2, 0) is 20.7 Å². The Morgan fingerprint density at radius 2 is 2.07 bits per heavy atom. The number of carbonyl (C=O) groups is 1. The van der Waals surface area contributed by atoms with E-state index in [1.54, 1.807) is 30.1 Å². The van der Waals surface area contributed by atoms with Crippen molar-refractivity contribution < 1.29 is 17.9 Å². The first-order valence-corrected chi connectivity index (χ1v) is 11.3. The van der Waals surface area contributed by atoms with E-state index in [1.807, 2.05) is 6.92 Å². The lowest BCUT2D eigenvalue weighted by molar-refractivity contribution is -0.131. The molecule has 0 saturated heterocycles. The molecule has 0 bridgehead atoms. The molecule has 1 atom stereocenters. The summed E-state index contributed by atoms with van der Waals surface area (Å²) < 4.78 is 30.9. The SMILES string of the molecule is CCCCCC(C)N(C(=O)C1(c2ccc(OC)c(N=S(=O)=O)c2)CC1)C(=S)NC. The van der Waals surface area contributed by atoms with Gasteiger partial charge in [0.15, 0.2) is 5.11 Å². The Morgan fingerprint density at radius 3 is 2.59 bits per heavy atom. The van der Waals surface area contributed by atoms with Gasteiger partial charge in [0.2, 0.25) is 5.91 Å². The second kappa shape index (κ2) is 10.2. The van der Waals surface area contributed by atoms with E-state index in [9.17, 15) is 13.2 Å². The molecule has 0 aromatic heterocycles. The highest BCUT2D eigenvalue weighted by Gasteiger charge is 2.54. The summed E-state index contributed by atoms with van der Waals surface area (Å²) >= 11 is 5.45. The second-order valence-corrected chi connectivity index (χ2v) is 8.36. The maximum Gasteiger partial charge on any atom is 0.316 e. The monoisotopic (exact) mass is 439 g/mol. The predicted octanol–water partition coefficient (Wildman–Crippen LogP) is 3.72. The number of methoxy groups -OCH3 is 1. The number of nitrogens with one attached hydrogen (secondary N) is 1. The predicted molar refractivity (Wildman–Crippen MR) is 117 cm³/mol. The molecule has 2 rings (SSSR count). The van der Waals surface area contributed by atoms with Crippen molar-refractivity contribution in [1.29, 1.82) is 0 Å². The standard InChI is InChI=1S/C20H29N3O4S2/c1-5-6-7-8-14(2)23(19(28)21-3)18(24)20(11-12-20)15-9-10-17(27-4)16(13-15)22-29(25)26/h9-10,13-14H,5-8,11-12H2,1-4H3,(H,21,28). The third kappa shape index (κ3) is 5.33. The Bertz CT molecular complexity index is 887. The molecular formula is C20H29N3O4S2. The molecule has 1 aromatic rings. The minimum Gasteiger partial charge on any atom is -0.494 e. The molecule has 9 heteroatoms. The Balaban J connectivity index is 2.39. The van der Waals surface area contributed by atoms with Crippen LogP contribution in [0.3, 0.4) is 0 Å². The van der Waals surface area contributed by atoms with Gasteiger partial charge in [0.05, 0.1) is 12.5 Å².